The number of benzene rings is 1. The number of rotatable bonds is 5. The molecule has 0 aliphatic rings. The lowest BCUT2D eigenvalue weighted by Gasteiger charge is -2.24. The van der Waals surface area contributed by atoms with Gasteiger partial charge in [-0.25, -0.2) is 0 Å². The first-order chi connectivity index (χ1) is 8.71. The SMILES string of the molecule is Cc1cc(Br)c(OCCCC(=O)O)c(C(C)(C)C)c1. The third kappa shape index (κ3) is 4.86. The second-order valence-corrected chi connectivity index (χ2v) is 6.57. The van der Waals surface area contributed by atoms with Gasteiger partial charge in [-0.1, -0.05) is 26.8 Å². The summed E-state index contributed by atoms with van der Waals surface area (Å²) in [5.41, 5.74) is 2.29. The molecule has 1 rings (SSSR count). The van der Waals surface area contributed by atoms with Crippen LogP contribution < -0.4 is 4.74 Å². The van der Waals surface area contributed by atoms with E-state index in [2.05, 4.69) is 42.8 Å². The van der Waals surface area contributed by atoms with Gasteiger partial charge in [0.15, 0.2) is 0 Å². The van der Waals surface area contributed by atoms with E-state index in [9.17, 15) is 4.79 Å². The van der Waals surface area contributed by atoms with E-state index < -0.39 is 5.97 Å². The van der Waals surface area contributed by atoms with Crippen molar-refractivity contribution >= 4 is 21.9 Å². The van der Waals surface area contributed by atoms with E-state index in [1.807, 2.05) is 13.0 Å². The Labute approximate surface area is 123 Å². The molecule has 0 aromatic heterocycles. The van der Waals surface area contributed by atoms with E-state index in [0.717, 1.165) is 15.8 Å². The zero-order valence-electron chi connectivity index (χ0n) is 11.9. The normalized spacial score (nSPS) is 11.4. The van der Waals surface area contributed by atoms with Crippen molar-refractivity contribution in [2.24, 2.45) is 0 Å². The molecule has 0 aliphatic carbocycles. The van der Waals surface area contributed by atoms with Crippen LogP contribution in [-0.2, 0) is 10.2 Å². The summed E-state index contributed by atoms with van der Waals surface area (Å²) in [7, 11) is 0. The maximum absolute atomic E-state index is 10.5. The molecule has 4 heteroatoms. The quantitative estimate of drug-likeness (QED) is 0.819. The van der Waals surface area contributed by atoms with Gasteiger partial charge in [-0.2, -0.15) is 0 Å². The molecule has 0 spiro atoms. The maximum Gasteiger partial charge on any atom is 0.303 e. The average molecular weight is 329 g/mol. The number of hydrogen-bond donors (Lipinski definition) is 1. The van der Waals surface area contributed by atoms with Gasteiger partial charge >= 0.3 is 5.97 Å². The van der Waals surface area contributed by atoms with Crippen LogP contribution in [0.1, 0.15) is 44.7 Å². The topological polar surface area (TPSA) is 46.5 Å². The molecule has 19 heavy (non-hydrogen) atoms. The van der Waals surface area contributed by atoms with Gasteiger partial charge in [-0.15, -0.1) is 0 Å². The zero-order valence-corrected chi connectivity index (χ0v) is 13.5. The van der Waals surface area contributed by atoms with Crippen molar-refractivity contribution in [2.75, 3.05) is 6.61 Å². The Morgan fingerprint density at radius 3 is 2.53 bits per heavy atom. The summed E-state index contributed by atoms with van der Waals surface area (Å²) in [6.45, 7) is 8.88. The highest BCUT2D eigenvalue weighted by atomic mass is 79.9. The number of carboxylic acids is 1. The van der Waals surface area contributed by atoms with Gasteiger partial charge in [0.25, 0.3) is 0 Å². The molecular formula is C15H21BrO3. The fraction of sp³-hybridized carbons (Fsp3) is 0.533. The first-order valence-electron chi connectivity index (χ1n) is 6.37. The Morgan fingerprint density at radius 2 is 2.00 bits per heavy atom. The lowest BCUT2D eigenvalue weighted by molar-refractivity contribution is -0.137. The van der Waals surface area contributed by atoms with Gasteiger partial charge in [0, 0.05) is 12.0 Å². The van der Waals surface area contributed by atoms with Crippen molar-refractivity contribution < 1.29 is 14.6 Å². The Kier molecular flexibility index (Phi) is 5.41. The molecule has 0 bridgehead atoms. The van der Waals surface area contributed by atoms with E-state index in [1.54, 1.807) is 0 Å². The van der Waals surface area contributed by atoms with Crippen LogP contribution >= 0.6 is 15.9 Å². The summed E-state index contributed by atoms with van der Waals surface area (Å²) in [6.07, 6.45) is 0.646. The van der Waals surface area contributed by atoms with E-state index in [4.69, 9.17) is 9.84 Å². The molecule has 0 amide bonds. The number of halogens is 1. The average Bonchev–Trinajstić information content (AvgIpc) is 2.24. The molecule has 1 aromatic rings. The van der Waals surface area contributed by atoms with Crippen LogP contribution in [0.25, 0.3) is 0 Å². The number of hydrogen-bond acceptors (Lipinski definition) is 2. The number of aryl methyl sites for hydroxylation is 1. The van der Waals surface area contributed by atoms with E-state index in [0.29, 0.717) is 13.0 Å². The predicted molar refractivity (Wildman–Crippen MR) is 79.9 cm³/mol. The van der Waals surface area contributed by atoms with Crippen molar-refractivity contribution in [2.45, 2.75) is 46.0 Å². The van der Waals surface area contributed by atoms with Crippen LogP contribution in [0.3, 0.4) is 0 Å². The second kappa shape index (κ2) is 6.42. The summed E-state index contributed by atoms with van der Waals surface area (Å²) < 4.78 is 6.71. The van der Waals surface area contributed by atoms with Gasteiger partial charge in [0.1, 0.15) is 5.75 Å². The van der Waals surface area contributed by atoms with E-state index in [-0.39, 0.29) is 11.8 Å². The summed E-state index contributed by atoms with van der Waals surface area (Å²) in [4.78, 5) is 10.5. The fourth-order valence-corrected chi connectivity index (χ4v) is 2.52. The number of carboxylic acid groups (broad SMARTS) is 1. The van der Waals surface area contributed by atoms with Gasteiger partial charge in [-0.3, -0.25) is 4.79 Å². The highest BCUT2D eigenvalue weighted by Gasteiger charge is 2.21. The highest BCUT2D eigenvalue weighted by Crippen LogP contribution is 2.38. The molecular weight excluding hydrogens is 308 g/mol. The standard InChI is InChI=1S/C15H21BrO3/c1-10-8-11(15(2,3)4)14(12(16)9-10)19-7-5-6-13(17)18/h8-9H,5-7H2,1-4H3,(H,17,18). The smallest absolute Gasteiger partial charge is 0.303 e. The van der Waals surface area contributed by atoms with Crippen molar-refractivity contribution in [3.8, 4) is 5.75 Å². The molecule has 0 unspecified atom stereocenters. The van der Waals surface area contributed by atoms with Crippen molar-refractivity contribution in [3.05, 3.63) is 27.7 Å². The van der Waals surface area contributed by atoms with Crippen LogP contribution in [0.2, 0.25) is 0 Å². The first kappa shape index (κ1) is 16.0. The fourth-order valence-electron chi connectivity index (χ4n) is 1.83. The number of ether oxygens (including phenoxy) is 1. The molecule has 1 aromatic carbocycles. The largest absolute Gasteiger partial charge is 0.492 e. The summed E-state index contributed by atoms with van der Waals surface area (Å²) in [5.74, 6) is 0.0334. The molecule has 1 N–H and O–H groups in total. The number of carbonyl (C=O) groups is 1. The minimum Gasteiger partial charge on any atom is -0.492 e. The van der Waals surface area contributed by atoms with Crippen LogP contribution in [0.5, 0.6) is 5.75 Å². The molecule has 0 atom stereocenters. The second-order valence-electron chi connectivity index (χ2n) is 5.72. The molecule has 106 valence electrons. The van der Waals surface area contributed by atoms with Crippen molar-refractivity contribution in [1.29, 1.82) is 0 Å². The van der Waals surface area contributed by atoms with Gasteiger partial charge in [0.05, 0.1) is 11.1 Å². The Balaban J connectivity index is 2.89. The Hall–Kier alpha value is -1.03. The minimum absolute atomic E-state index is 0.0172. The van der Waals surface area contributed by atoms with E-state index in [1.165, 1.54) is 5.56 Å². The molecule has 0 radical (unpaired) electrons. The lowest BCUT2D eigenvalue weighted by atomic mass is 9.85. The third-order valence-electron chi connectivity index (χ3n) is 2.78. The molecule has 0 fully saturated rings. The Bertz CT molecular complexity index is 461. The van der Waals surface area contributed by atoms with Crippen LogP contribution in [0.15, 0.2) is 16.6 Å². The lowest BCUT2D eigenvalue weighted by Crippen LogP contribution is -2.15. The van der Waals surface area contributed by atoms with E-state index >= 15 is 0 Å². The number of aliphatic carboxylic acids is 1. The maximum atomic E-state index is 10.5. The third-order valence-corrected chi connectivity index (χ3v) is 3.37. The molecule has 0 saturated carbocycles. The molecule has 3 nitrogen and oxygen atoms in total. The molecule has 0 saturated heterocycles. The van der Waals surface area contributed by atoms with Crippen molar-refractivity contribution in [3.63, 3.8) is 0 Å². The minimum atomic E-state index is -0.789. The molecule has 0 aliphatic heterocycles. The van der Waals surface area contributed by atoms with Crippen LogP contribution in [0.4, 0.5) is 0 Å². The van der Waals surface area contributed by atoms with Gasteiger partial charge in [0.2, 0.25) is 0 Å². The Morgan fingerprint density at radius 1 is 1.37 bits per heavy atom. The zero-order chi connectivity index (χ0) is 14.6. The summed E-state index contributed by atoms with van der Waals surface area (Å²) >= 11 is 3.53. The first-order valence-corrected chi connectivity index (χ1v) is 7.16. The predicted octanol–water partition coefficient (Wildman–Crippen LogP) is 4.30. The van der Waals surface area contributed by atoms with Crippen LogP contribution in [-0.4, -0.2) is 17.7 Å². The highest BCUT2D eigenvalue weighted by molar-refractivity contribution is 9.10. The van der Waals surface area contributed by atoms with Crippen LogP contribution in [0, 0.1) is 6.92 Å². The van der Waals surface area contributed by atoms with Gasteiger partial charge < -0.3 is 9.84 Å². The monoisotopic (exact) mass is 328 g/mol. The van der Waals surface area contributed by atoms with Gasteiger partial charge in [-0.05, 0) is 46.3 Å². The summed E-state index contributed by atoms with van der Waals surface area (Å²) in [6, 6.07) is 4.14. The molecule has 0 heterocycles. The summed E-state index contributed by atoms with van der Waals surface area (Å²) in [5, 5.41) is 8.62. The van der Waals surface area contributed by atoms with Crippen molar-refractivity contribution in [1.82, 2.24) is 0 Å².